The molecular weight excluding hydrogens is 611 g/mol. The molecule has 3 aromatic carbocycles. The summed E-state index contributed by atoms with van der Waals surface area (Å²) >= 11 is 0. The summed E-state index contributed by atoms with van der Waals surface area (Å²) in [5, 5.41) is 2.16. The Kier molecular flexibility index (Phi) is 8.01. The molecule has 4 heteroatoms. The lowest BCUT2D eigenvalue weighted by Crippen LogP contribution is -2.48. The quantitative estimate of drug-likeness (QED) is 0.177. The van der Waals surface area contributed by atoms with Gasteiger partial charge in [-0.25, -0.2) is 4.98 Å². The van der Waals surface area contributed by atoms with Crippen LogP contribution in [0.1, 0.15) is 105 Å². The number of fused-ring (bicyclic) bond motifs is 11. The zero-order chi connectivity index (χ0) is 34.8. The van der Waals surface area contributed by atoms with Gasteiger partial charge >= 0.3 is 0 Å². The number of benzene rings is 3. The topological polar surface area (TPSA) is 33.1 Å². The number of hydrogen-bond donors (Lipinski definition) is 0. The molecule has 2 unspecified atom stereocenters. The number of hydrogen-bond acceptors (Lipinski definition) is 3. The van der Waals surface area contributed by atoms with Crippen molar-refractivity contribution in [1.82, 2.24) is 9.88 Å². The van der Waals surface area contributed by atoms with Gasteiger partial charge in [-0.3, -0.25) is 0 Å². The first kappa shape index (κ1) is 32.3. The Hall–Kier alpha value is -4.96. The summed E-state index contributed by atoms with van der Waals surface area (Å²) in [6.07, 6.45) is 7.40. The molecule has 0 spiro atoms. The molecule has 0 saturated carbocycles. The first-order chi connectivity index (χ1) is 24.2. The maximum absolute atomic E-state index is 6.91. The van der Waals surface area contributed by atoms with Gasteiger partial charge in [-0.1, -0.05) is 88.9 Å². The summed E-state index contributed by atoms with van der Waals surface area (Å²) in [7, 11) is 2.17. The third-order valence-corrected chi connectivity index (χ3v) is 11.3. The van der Waals surface area contributed by atoms with E-state index in [0.717, 1.165) is 58.3 Å². The molecule has 0 amide bonds. The van der Waals surface area contributed by atoms with Crippen LogP contribution in [0.3, 0.4) is 0 Å². The number of furan rings is 1. The molecule has 2 aliphatic rings. The van der Waals surface area contributed by atoms with Crippen molar-refractivity contribution in [3.05, 3.63) is 137 Å². The van der Waals surface area contributed by atoms with Crippen LogP contribution < -0.4 is 4.57 Å². The highest BCUT2D eigenvalue weighted by Gasteiger charge is 2.41. The molecule has 0 aliphatic carbocycles. The van der Waals surface area contributed by atoms with Crippen molar-refractivity contribution in [1.29, 1.82) is 0 Å². The average molecular weight is 659 g/mol. The Morgan fingerprint density at radius 1 is 0.880 bits per heavy atom. The Morgan fingerprint density at radius 2 is 1.62 bits per heavy atom. The minimum absolute atomic E-state index is 0.303. The highest BCUT2D eigenvalue weighted by atomic mass is 16.3. The zero-order valence-corrected chi connectivity index (χ0v) is 30.5. The first-order valence-electron chi connectivity index (χ1n) is 18.3. The van der Waals surface area contributed by atoms with E-state index in [1.807, 2.05) is 0 Å². The third kappa shape index (κ3) is 5.11. The van der Waals surface area contributed by atoms with E-state index in [1.54, 1.807) is 0 Å². The van der Waals surface area contributed by atoms with Crippen molar-refractivity contribution in [2.45, 2.75) is 84.6 Å². The largest absolute Gasteiger partial charge is 0.437 e. The lowest BCUT2D eigenvalue weighted by Gasteiger charge is -2.35. The molecule has 0 N–H and O–H groups in total. The van der Waals surface area contributed by atoms with Crippen molar-refractivity contribution in [2.24, 2.45) is 0 Å². The monoisotopic (exact) mass is 658 g/mol. The van der Waals surface area contributed by atoms with Crippen LogP contribution in [0.5, 0.6) is 0 Å². The van der Waals surface area contributed by atoms with Crippen molar-refractivity contribution >= 4 is 27.8 Å². The van der Waals surface area contributed by atoms with E-state index in [-0.39, 0.29) is 0 Å². The summed E-state index contributed by atoms with van der Waals surface area (Å²) in [6, 6.07) is 29.5. The predicted molar refractivity (Wildman–Crippen MR) is 207 cm³/mol. The van der Waals surface area contributed by atoms with Crippen molar-refractivity contribution in [3.63, 3.8) is 0 Å². The first-order valence-corrected chi connectivity index (χ1v) is 18.3. The maximum Gasteiger partial charge on any atom is 0.227 e. The van der Waals surface area contributed by atoms with Crippen LogP contribution in [0.25, 0.3) is 50.3 Å². The minimum Gasteiger partial charge on any atom is -0.437 e. The third-order valence-electron chi connectivity index (χ3n) is 11.3. The van der Waals surface area contributed by atoms with Gasteiger partial charge < -0.3 is 9.32 Å². The Balaban J connectivity index is 1.30. The van der Waals surface area contributed by atoms with Crippen molar-refractivity contribution < 1.29 is 8.98 Å². The van der Waals surface area contributed by atoms with Gasteiger partial charge in [0, 0.05) is 70.4 Å². The Bertz CT molecular complexity index is 2310. The minimum atomic E-state index is 0.303. The second kappa shape index (κ2) is 12.4. The average Bonchev–Trinajstić information content (AvgIpc) is 3.49. The van der Waals surface area contributed by atoms with E-state index in [0.29, 0.717) is 29.5 Å². The van der Waals surface area contributed by atoms with Crippen LogP contribution in [0, 0.1) is 6.92 Å². The maximum atomic E-state index is 6.91. The second-order valence-corrected chi connectivity index (χ2v) is 15.1. The van der Waals surface area contributed by atoms with Crippen LogP contribution in [-0.2, 0) is 6.42 Å². The standard InChI is InChI=1S/C46H48N3O/c1-9-40-43-31(19-24-42-38(25-30(7)48(40)8)34-13-10-11-14-35(34)41-23-17-29(6)26-49(41)42)18-20-36-37-21-22-39(47-46(37)50-45(36)43)44-32(27(2)3)15-12-16-33(44)28(4)5/h9-18,20-23,26-28,38,42H,7,19,24-25H2,1-6,8H3/q+1/b40-9-. The summed E-state index contributed by atoms with van der Waals surface area (Å²) in [5.41, 5.74) is 16.5. The van der Waals surface area contributed by atoms with Crippen LogP contribution >= 0.6 is 0 Å². The van der Waals surface area contributed by atoms with E-state index in [9.17, 15) is 0 Å². The van der Waals surface area contributed by atoms with E-state index in [1.165, 1.54) is 44.6 Å². The lowest BCUT2D eigenvalue weighted by atomic mass is 9.77. The number of rotatable bonds is 3. The Morgan fingerprint density at radius 3 is 2.36 bits per heavy atom. The molecule has 252 valence electrons. The molecule has 5 heterocycles. The highest BCUT2D eigenvalue weighted by molar-refractivity contribution is 6.08. The van der Waals surface area contributed by atoms with E-state index in [2.05, 4.69) is 149 Å². The normalized spacial score (nSPS) is 18.5. The molecule has 0 fully saturated rings. The highest BCUT2D eigenvalue weighted by Crippen LogP contribution is 2.47. The van der Waals surface area contributed by atoms with E-state index in [4.69, 9.17) is 16.0 Å². The van der Waals surface area contributed by atoms with Crippen molar-refractivity contribution in [3.8, 4) is 22.5 Å². The van der Waals surface area contributed by atoms with E-state index >= 15 is 0 Å². The molecule has 50 heavy (non-hydrogen) atoms. The molecule has 0 radical (unpaired) electrons. The van der Waals surface area contributed by atoms with Gasteiger partial charge in [0.05, 0.1) is 11.6 Å². The molecule has 3 aromatic heterocycles. The molecule has 2 atom stereocenters. The SMILES string of the molecule is C=C1CC2c3ccccc3-c3ccc(C)c[n+]3C2CCc2ccc3c(oc4nc(-c5c(C(C)C)cccc5C(C)C)ccc43)c2/C(=C/C)N1C. The van der Waals surface area contributed by atoms with Gasteiger partial charge in [0.25, 0.3) is 0 Å². The van der Waals surface area contributed by atoms with Crippen LogP contribution in [0.4, 0.5) is 0 Å². The zero-order valence-electron chi connectivity index (χ0n) is 30.5. The van der Waals surface area contributed by atoms with Crippen LogP contribution in [0.2, 0.25) is 0 Å². The molecule has 0 saturated heterocycles. The number of nitrogens with zero attached hydrogens (tertiary/aromatic N) is 3. The fraction of sp³-hybridized carbons (Fsp3) is 0.304. The molecular formula is C46H48N3O+. The van der Waals surface area contributed by atoms with Gasteiger partial charge in [-0.15, -0.1) is 0 Å². The fourth-order valence-corrected chi connectivity index (χ4v) is 8.78. The summed E-state index contributed by atoms with van der Waals surface area (Å²) in [6.45, 7) is 18.1. The molecule has 8 rings (SSSR count). The van der Waals surface area contributed by atoms with E-state index < -0.39 is 0 Å². The van der Waals surface area contributed by atoms with Gasteiger partial charge in [-0.05, 0) is 78.6 Å². The number of allylic oxidation sites excluding steroid dienone is 2. The summed E-state index contributed by atoms with van der Waals surface area (Å²) < 4.78 is 9.46. The predicted octanol–water partition coefficient (Wildman–Crippen LogP) is 11.6. The molecule has 4 nitrogen and oxygen atoms in total. The smallest absolute Gasteiger partial charge is 0.227 e. The van der Waals surface area contributed by atoms with Gasteiger partial charge in [0.15, 0.2) is 12.2 Å². The molecule has 0 bridgehead atoms. The van der Waals surface area contributed by atoms with Gasteiger partial charge in [-0.2, -0.15) is 4.57 Å². The van der Waals surface area contributed by atoms with Crippen LogP contribution in [-0.4, -0.2) is 16.9 Å². The lowest BCUT2D eigenvalue weighted by molar-refractivity contribution is -0.719. The summed E-state index contributed by atoms with van der Waals surface area (Å²) in [4.78, 5) is 7.57. The molecule has 6 aromatic rings. The molecule has 2 aliphatic heterocycles. The number of aromatic nitrogens is 2. The number of aryl methyl sites for hydroxylation is 2. The summed E-state index contributed by atoms with van der Waals surface area (Å²) in [5.74, 6) is 1.09. The number of pyridine rings is 2. The fourth-order valence-electron chi connectivity index (χ4n) is 8.78. The van der Waals surface area contributed by atoms with Crippen LogP contribution in [0.15, 0.2) is 108 Å². The van der Waals surface area contributed by atoms with Gasteiger partial charge in [0.2, 0.25) is 11.4 Å². The Labute approximate surface area is 296 Å². The van der Waals surface area contributed by atoms with Crippen molar-refractivity contribution in [2.75, 3.05) is 7.05 Å². The second-order valence-electron chi connectivity index (χ2n) is 15.1. The van der Waals surface area contributed by atoms with Gasteiger partial charge in [0.1, 0.15) is 5.58 Å².